The standard InChI is InChI=1S/C14H22N4O2/c1-20-8-7-18(10-11-3-2-5-16-11)12-4-6-17-13(9-12)14(15)19/h4,6,9,11,16H,2-3,5,7-8,10H2,1H3,(H2,15,19). The Bertz CT molecular complexity index is 447. The molecule has 0 aromatic carbocycles. The highest BCUT2D eigenvalue weighted by Crippen LogP contribution is 2.17. The molecule has 0 spiro atoms. The fraction of sp³-hybridized carbons (Fsp3) is 0.571. The Labute approximate surface area is 119 Å². The lowest BCUT2D eigenvalue weighted by molar-refractivity contribution is 0.0995. The van der Waals surface area contributed by atoms with Crippen molar-refractivity contribution in [3.63, 3.8) is 0 Å². The van der Waals surface area contributed by atoms with Gasteiger partial charge in [-0.05, 0) is 31.5 Å². The van der Waals surface area contributed by atoms with E-state index in [4.69, 9.17) is 10.5 Å². The number of aromatic nitrogens is 1. The molecular formula is C14H22N4O2. The molecule has 0 radical (unpaired) electrons. The lowest BCUT2D eigenvalue weighted by Crippen LogP contribution is -2.39. The smallest absolute Gasteiger partial charge is 0.267 e. The lowest BCUT2D eigenvalue weighted by Gasteiger charge is -2.27. The van der Waals surface area contributed by atoms with Gasteiger partial charge < -0.3 is 20.7 Å². The van der Waals surface area contributed by atoms with Gasteiger partial charge in [0.1, 0.15) is 5.69 Å². The maximum absolute atomic E-state index is 11.2. The summed E-state index contributed by atoms with van der Waals surface area (Å²) in [5, 5.41) is 3.48. The number of rotatable bonds is 7. The molecule has 1 aromatic heterocycles. The normalized spacial score (nSPS) is 18.1. The molecule has 0 saturated carbocycles. The van der Waals surface area contributed by atoms with Gasteiger partial charge in [0.15, 0.2) is 0 Å². The molecule has 1 amide bonds. The first-order valence-corrected chi connectivity index (χ1v) is 6.94. The van der Waals surface area contributed by atoms with Crippen LogP contribution in [-0.2, 0) is 4.74 Å². The largest absolute Gasteiger partial charge is 0.383 e. The summed E-state index contributed by atoms with van der Waals surface area (Å²) in [6.07, 6.45) is 4.01. The molecular weight excluding hydrogens is 256 g/mol. The average Bonchev–Trinajstić information content (AvgIpc) is 2.96. The second kappa shape index (κ2) is 7.21. The minimum atomic E-state index is -0.502. The van der Waals surface area contributed by atoms with Crippen LogP contribution in [0.5, 0.6) is 0 Å². The Balaban J connectivity index is 2.11. The van der Waals surface area contributed by atoms with Crippen molar-refractivity contribution in [3.05, 3.63) is 24.0 Å². The summed E-state index contributed by atoms with van der Waals surface area (Å²) in [5.74, 6) is -0.502. The van der Waals surface area contributed by atoms with E-state index in [1.54, 1.807) is 19.4 Å². The van der Waals surface area contributed by atoms with E-state index in [-0.39, 0.29) is 0 Å². The predicted molar refractivity (Wildman–Crippen MR) is 77.9 cm³/mol. The third-order valence-electron chi connectivity index (χ3n) is 3.53. The van der Waals surface area contributed by atoms with Crippen LogP contribution in [0.15, 0.2) is 18.3 Å². The lowest BCUT2D eigenvalue weighted by atomic mass is 10.2. The number of primary amides is 1. The van der Waals surface area contributed by atoms with Crippen molar-refractivity contribution < 1.29 is 9.53 Å². The number of nitrogens with zero attached hydrogens (tertiary/aromatic N) is 2. The molecule has 1 saturated heterocycles. The predicted octanol–water partition coefficient (Wildman–Crippen LogP) is 0.385. The Hall–Kier alpha value is -1.66. The fourth-order valence-electron chi connectivity index (χ4n) is 2.46. The zero-order valence-corrected chi connectivity index (χ0v) is 11.8. The van der Waals surface area contributed by atoms with Gasteiger partial charge in [0.2, 0.25) is 0 Å². The molecule has 1 aromatic rings. The van der Waals surface area contributed by atoms with Crippen LogP contribution in [0, 0.1) is 0 Å². The topological polar surface area (TPSA) is 80.5 Å². The van der Waals surface area contributed by atoms with E-state index < -0.39 is 5.91 Å². The number of anilines is 1. The quantitative estimate of drug-likeness (QED) is 0.754. The van der Waals surface area contributed by atoms with E-state index in [0.717, 1.165) is 25.3 Å². The summed E-state index contributed by atoms with van der Waals surface area (Å²) in [6, 6.07) is 4.13. The first-order valence-electron chi connectivity index (χ1n) is 6.94. The molecule has 1 aliphatic rings. The van der Waals surface area contributed by atoms with E-state index >= 15 is 0 Å². The maximum Gasteiger partial charge on any atom is 0.267 e. The van der Waals surface area contributed by atoms with E-state index in [1.165, 1.54) is 12.8 Å². The van der Waals surface area contributed by atoms with Crippen LogP contribution in [0.3, 0.4) is 0 Å². The molecule has 110 valence electrons. The van der Waals surface area contributed by atoms with Crippen LogP contribution in [-0.4, -0.2) is 50.3 Å². The molecule has 1 atom stereocenters. The van der Waals surface area contributed by atoms with Crippen molar-refractivity contribution in [3.8, 4) is 0 Å². The van der Waals surface area contributed by atoms with E-state index in [9.17, 15) is 4.79 Å². The van der Waals surface area contributed by atoms with Crippen LogP contribution in [0.2, 0.25) is 0 Å². The van der Waals surface area contributed by atoms with Crippen LogP contribution in [0.25, 0.3) is 0 Å². The molecule has 2 rings (SSSR count). The van der Waals surface area contributed by atoms with Gasteiger partial charge in [-0.15, -0.1) is 0 Å². The maximum atomic E-state index is 11.2. The van der Waals surface area contributed by atoms with Gasteiger partial charge in [-0.1, -0.05) is 0 Å². The fourth-order valence-corrected chi connectivity index (χ4v) is 2.46. The minimum absolute atomic E-state index is 0.296. The van der Waals surface area contributed by atoms with E-state index in [2.05, 4.69) is 15.2 Å². The summed E-state index contributed by atoms with van der Waals surface area (Å²) < 4.78 is 5.17. The van der Waals surface area contributed by atoms with Crippen molar-refractivity contribution in [2.45, 2.75) is 18.9 Å². The third-order valence-corrected chi connectivity index (χ3v) is 3.53. The van der Waals surface area contributed by atoms with Gasteiger partial charge in [0.05, 0.1) is 6.61 Å². The van der Waals surface area contributed by atoms with E-state index in [1.807, 2.05) is 6.07 Å². The van der Waals surface area contributed by atoms with Gasteiger partial charge in [0.25, 0.3) is 5.91 Å². The molecule has 6 nitrogen and oxygen atoms in total. The number of amides is 1. The van der Waals surface area contributed by atoms with Crippen molar-refractivity contribution in [1.82, 2.24) is 10.3 Å². The summed E-state index contributed by atoms with van der Waals surface area (Å²) in [6.45, 7) is 3.38. The number of ether oxygens (including phenoxy) is 1. The van der Waals surface area contributed by atoms with Crippen molar-refractivity contribution in [1.29, 1.82) is 0 Å². The van der Waals surface area contributed by atoms with Gasteiger partial charge in [-0.25, -0.2) is 0 Å². The molecule has 2 heterocycles. The number of nitrogens with two attached hydrogens (primary N) is 1. The zero-order chi connectivity index (χ0) is 14.4. The monoisotopic (exact) mass is 278 g/mol. The Morgan fingerprint density at radius 3 is 3.15 bits per heavy atom. The van der Waals surface area contributed by atoms with Gasteiger partial charge in [-0.2, -0.15) is 0 Å². The van der Waals surface area contributed by atoms with Crippen LogP contribution in [0.4, 0.5) is 5.69 Å². The van der Waals surface area contributed by atoms with Crippen LogP contribution < -0.4 is 16.0 Å². The molecule has 0 bridgehead atoms. The summed E-state index contributed by atoms with van der Waals surface area (Å²) in [4.78, 5) is 17.4. The molecule has 6 heteroatoms. The molecule has 3 N–H and O–H groups in total. The third kappa shape index (κ3) is 3.91. The van der Waals surface area contributed by atoms with Crippen molar-refractivity contribution in [2.24, 2.45) is 5.73 Å². The number of hydrogen-bond donors (Lipinski definition) is 2. The number of methoxy groups -OCH3 is 1. The molecule has 20 heavy (non-hydrogen) atoms. The highest BCUT2D eigenvalue weighted by molar-refractivity contribution is 5.91. The Morgan fingerprint density at radius 1 is 1.65 bits per heavy atom. The van der Waals surface area contributed by atoms with Gasteiger partial charge >= 0.3 is 0 Å². The highest BCUT2D eigenvalue weighted by Gasteiger charge is 2.18. The highest BCUT2D eigenvalue weighted by atomic mass is 16.5. The molecule has 1 aliphatic heterocycles. The Kier molecular flexibility index (Phi) is 5.31. The zero-order valence-electron chi connectivity index (χ0n) is 11.8. The summed E-state index contributed by atoms with van der Waals surface area (Å²) in [7, 11) is 1.69. The Morgan fingerprint density at radius 2 is 2.50 bits per heavy atom. The van der Waals surface area contributed by atoms with Gasteiger partial charge in [0, 0.05) is 38.1 Å². The van der Waals surface area contributed by atoms with E-state index in [0.29, 0.717) is 18.3 Å². The summed E-state index contributed by atoms with van der Waals surface area (Å²) in [5.41, 5.74) is 6.54. The second-order valence-corrected chi connectivity index (χ2v) is 5.00. The number of hydrogen-bond acceptors (Lipinski definition) is 5. The molecule has 0 aliphatic carbocycles. The second-order valence-electron chi connectivity index (χ2n) is 5.00. The molecule has 1 unspecified atom stereocenters. The van der Waals surface area contributed by atoms with Crippen molar-refractivity contribution >= 4 is 11.6 Å². The number of pyridine rings is 1. The van der Waals surface area contributed by atoms with Crippen LogP contribution in [0.1, 0.15) is 23.3 Å². The first kappa shape index (κ1) is 14.7. The van der Waals surface area contributed by atoms with Gasteiger partial charge in [-0.3, -0.25) is 9.78 Å². The molecule has 1 fully saturated rings. The number of carbonyl (C=O) groups is 1. The summed E-state index contributed by atoms with van der Waals surface area (Å²) >= 11 is 0. The first-order chi connectivity index (χ1) is 9.70. The number of carbonyl (C=O) groups excluding carboxylic acids is 1. The van der Waals surface area contributed by atoms with Crippen molar-refractivity contribution in [2.75, 3.05) is 38.3 Å². The van der Waals surface area contributed by atoms with Crippen LogP contribution >= 0.6 is 0 Å². The number of nitrogens with one attached hydrogen (secondary N) is 1. The average molecular weight is 278 g/mol. The minimum Gasteiger partial charge on any atom is -0.383 e. The SMILES string of the molecule is COCCN(CC1CCCN1)c1ccnc(C(N)=O)c1.